The van der Waals surface area contributed by atoms with Gasteiger partial charge in [0, 0.05) is 6.04 Å². The maximum absolute atomic E-state index is 5.78. The predicted molar refractivity (Wildman–Crippen MR) is 56.4 cm³/mol. The van der Waals surface area contributed by atoms with Gasteiger partial charge in [-0.25, -0.2) is 4.98 Å². The molecule has 0 bridgehead atoms. The number of hydrogen-bond donors (Lipinski definition) is 1. The second kappa shape index (κ2) is 5.51. The van der Waals surface area contributed by atoms with E-state index in [-0.39, 0.29) is 18.4 Å². The van der Waals surface area contributed by atoms with Crippen molar-refractivity contribution in [3.05, 3.63) is 28.5 Å². The van der Waals surface area contributed by atoms with Gasteiger partial charge in [-0.15, -0.1) is 12.4 Å². The smallest absolute Gasteiger partial charge is 0.106 e. The minimum atomic E-state index is 0. The molecule has 0 saturated heterocycles. The first kappa shape index (κ1) is 11.9. The topological polar surface area (TPSA) is 38.9 Å². The predicted octanol–water partition coefficient (Wildman–Crippen LogP) is 2.68. The average molecular weight is 252 g/mol. The summed E-state index contributed by atoms with van der Waals surface area (Å²) in [6, 6.07) is 5.85. The highest BCUT2D eigenvalue weighted by Crippen LogP contribution is 2.13. The van der Waals surface area contributed by atoms with Crippen LogP contribution in [0.5, 0.6) is 0 Å². The fourth-order valence-corrected chi connectivity index (χ4v) is 1.20. The van der Waals surface area contributed by atoms with Crippen LogP contribution in [-0.4, -0.2) is 4.98 Å². The van der Waals surface area contributed by atoms with E-state index in [2.05, 4.69) is 20.9 Å². The molecule has 2 N–H and O–H groups in total. The number of nitrogens with zero attached hydrogens (tertiary/aromatic N) is 1. The Labute approximate surface area is 87.1 Å². The summed E-state index contributed by atoms with van der Waals surface area (Å²) in [7, 11) is 0. The Morgan fingerprint density at radius 1 is 1.58 bits per heavy atom. The van der Waals surface area contributed by atoms with E-state index >= 15 is 0 Å². The third-order valence-corrected chi connectivity index (χ3v) is 2.00. The summed E-state index contributed by atoms with van der Waals surface area (Å²) >= 11 is 3.29. The van der Waals surface area contributed by atoms with Gasteiger partial charge in [-0.2, -0.15) is 0 Å². The standard InChI is InChI=1S/C8H11BrN2.ClH/c1-2-6(10)7-4-3-5-8(9)11-7;/h3-6H,2,10H2,1H3;1H/t6-;/m0./s1. The number of aromatic nitrogens is 1. The fraction of sp³-hybridized carbons (Fsp3) is 0.375. The Hall–Kier alpha value is -0.120. The summed E-state index contributed by atoms with van der Waals surface area (Å²) in [6.07, 6.45) is 0.920. The van der Waals surface area contributed by atoms with Gasteiger partial charge in [0.05, 0.1) is 5.69 Å². The minimum absolute atomic E-state index is 0. The van der Waals surface area contributed by atoms with Crippen molar-refractivity contribution in [1.29, 1.82) is 0 Å². The summed E-state index contributed by atoms with van der Waals surface area (Å²) in [4.78, 5) is 4.24. The Kier molecular flexibility index (Phi) is 5.46. The van der Waals surface area contributed by atoms with Crippen LogP contribution in [0.2, 0.25) is 0 Å². The van der Waals surface area contributed by atoms with E-state index in [4.69, 9.17) is 5.73 Å². The fourth-order valence-electron chi connectivity index (χ4n) is 0.840. The van der Waals surface area contributed by atoms with Gasteiger partial charge in [-0.05, 0) is 34.5 Å². The molecule has 0 aliphatic rings. The Morgan fingerprint density at radius 3 is 2.75 bits per heavy atom. The number of nitrogens with two attached hydrogens (primary N) is 1. The number of halogens is 2. The second-order valence-corrected chi connectivity index (χ2v) is 3.21. The van der Waals surface area contributed by atoms with Crippen molar-refractivity contribution in [2.45, 2.75) is 19.4 Å². The molecule has 1 atom stereocenters. The van der Waals surface area contributed by atoms with Gasteiger partial charge in [-0.1, -0.05) is 13.0 Å². The van der Waals surface area contributed by atoms with Crippen molar-refractivity contribution in [3.63, 3.8) is 0 Å². The monoisotopic (exact) mass is 250 g/mol. The lowest BCUT2D eigenvalue weighted by Gasteiger charge is -2.06. The maximum Gasteiger partial charge on any atom is 0.106 e. The van der Waals surface area contributed by atoms with Gasteiger partial charge in [0.1, 0.15) is 4.60 Å². The normalized spacial score (nSPS) is 11.9. The highest BCUT2D eigenvalue weighted by atomic mass is 79.9. The molecule has 0 radical (unpaired) electrons. The van der Waals surface area contributed by atoms with Crippen molar-refractivity contribution >= 4 is 28.3 Å². The molecule has 12 heavy (non-hydrogen) atoms. The third kappa shape index (κ3) is 3.09. The molecular weight excluding hydrogens is 239 g/mol. The molecule has 0 saturated carbocycles. The SMILES string of the molecule is CC[C@H](N)c1cccc(Br)n1.Cl. The molecule has 0 fully saturated rings. The van der Waals surface area contributed by atoms with E-state index < -0.39 is 0 Å². The maximum atomic E-state index is 5.78. The first-order valence-electron chi connectivity index (χ1n) is 3.62. The highest BCUT2D eigenvalue weighted by molar-refractivity contribution is 9.10. The zero-order chi connectivity index (χ0) is 8.27. The summed E-state index contributed by atoms with van der Waals surface area (Å²) in [5.41, 5.74) is 6.73. The molecule has 2 nitrogen and oxygen atoms in total. The van der Waals surface area contributed by atoms with E-state index in [0.29, 0.717) is 0 Å². The van der Waals surface area contributed by atoms with Gasteiger partial charge >= 0.3 is 0 Å². The van der Waals surface area contributed by atoms with Gasteiger partial charge in [-0.3, -0.25) is 0 Å². The van der Waals surface area contributed by atoms with Gasteiger partial charge < -0.3 is 5.73 Å². The lowest BCUT2D eigenvalue weighted by atomic mass is 10.1. The minimum Gasteiger partial charge on any atom is -0.323 e. The van der Waals surface area contributed by atoms with E-state index in [1.54, 1.807) is 0 Å². The van der Waals surface area contributed by atoms with E-state index in [1.165, 1.54) is 0 Å². The molecule has 0 unspecified atom stereocenters. The summed E-state index contributed by atoms with van der Waals surface area (Å²) < 4.78 is 0.846. The molecule has 1 heterocycles. The quantitative estimate of drug-likeness (QED) is 0.821. The van der Waals surface area contributed by atoms with Crippen LogP contribution in [0.4, 0.5) is 0 Å². The number of hydrogen-bond acceptors (Lipinski definition) is 2. The Morgan fingerprint density at radius 2 is 2.25 bits per heavy atom. The van der Waals surface area contributed by atoms with E-state index in [1.807, 2.05) is 25.1 Å². The van der Waals surface area contributed by atoms with Crippen LogP contribution in [0.15, 0.2) is 22.8 Å². The lowest BCUT2D eigenvalue weighted by Crippen LogP contribution is -2.10. The van der Waals surface area contributed by atoms with E-state index in [0.717, 1.165) is 16.7 Å². The van der Waals surface area contributed by atoms with Crippen molar-refractivity contribution in [3.8, 4) is 0 Å². The van der Waals surface area contributed by atoms with Crippen LogP contribution >= 0.6 is 28.3 Å². The van der Waals surface area contributed by atoms with Gasteiger partial charge in [0.15, 0.2) is 0 Å². The van der Waals surface area contributed by atoms with Crippen LogP contribution < -0.4 is 5.73 Å². The molecule has 0 aromatic carbocycles. The molecule has 0 amide bonds. The number of pyridine rings is 1. The largest absolute Gasteiger partial charge is 0.323 e. The average Bonchev–Trinajstić information content (AvgIpc) is 2.03. The molecule has 1 aromatic heterocycles. The van der Waals surface area contributed by atoms with Crippen LogP contribution in [0.3, 0.4) is 0 Å². The first-order chi connectivity index (χ1) is 5.24. The molecule has 0 spiro atoms. The van der Waals surface area contributed by atoms with Gasteiger partial charge in [0.2, 0.25) is 0 Å². The summed E-state index contributed by atoms with van der Waals surface area (Å²) in [5.74, 6) is 0. The molecular formula is C8H12BrClN2. The summed E-state index contributed by atoms with van der Waals surface area (Å²) in [6.45, 7) is 2.05. The highest BCUT2D eigenvalue weighted by Gasteiger charge is 2.03. The Bertz CT molecular complexity index is 242. The van der Waals surface area contributed by atoms with Crippen LogP contribution in [0.25, 0.3) is 0 Å². The molecule has 0 aliphatic heterocycles. The summed E-state index contributed by atoms with van der Waals surface area (Å²) in [5, 5.41) is 0. The lowest BCUT2D eigenvalue weighted by molar-refractivity contribution is 0.674. The number of rotatable bonds is 2. The zero-order valence-electron chi connectivity index (χ0n) is 6.83. The third-order valence-electron chi connectivity index (χ3n) is 1.56. The van der Waals surface area contributed by atoms with Crippen LogP contribution in [0.1, 0.15) is 25.1 Å². The van der Waals surface area contributed by atoms with Crippen molar-refractivity contribution < 1.29 is 0 Å². The van der Waals surface area contributed by atoms with Crippen LogP contribution in [0, 0.1) is 0 Å². The molecule has 0 aliphatic carbocycles. The zero-order valence-corrected chi connectivity index (χ0v) is 9.23. The van der Waals surface area contributed by atoms with Crippen molar-refractivity contribution in [2.24, 2.45) is 5.73 Å². The Balaban J connectivity index is 0.00000121. The second-order valence-electron chi connectivity index (χ2n) is 2.40. The van der Waals surface area contributed by atoms with Crippen LogP contribution in [-0.2, 0) is 0 Å². The molecule has 4 heteroatoms. The van der Waals surface area contributed by atoms with Crippen molar-refractivity contribution in [2.75, 3.05) is 0 Å². The van der Waals surface area contributed by atoms with E-state index in [9.17, 15) is 0 Å². The van der Waals surface area contributed by atoms with Crippen molar-refractivity contribution in [1.82, 2.24) is 4.98 Å². The van der Waals surface area contributed by atoms with Gasteiger partial charge in [0.25, 0.3) is 0 Å². The first-order valence-corrected chi connectivity index (χ1v) is 4.41. The molecule has 68 valence electrons. The molecule has 1 rings (SSSR count). The molecule has 1 aromatic rings.